The van der Waals surface area contributed by atoms with Crippen LogP contribution in [0.5, 0.6) is 0 Å². The zero-order valence-electron chi connectivity index (χ0n) is 13.0. The molecule has 0 rings (SSSR count). The van der Waals surface area contributed by atoms with Gasteiger partial charge in [0.2, 0.25) is 0 Å². The zero-order valence-corrected chi connectivity index (χ0v) is 13.0. The lowest BCUT2D eigenvalue weighted by Crippen LogP contribution is -2.43. The van der Waals surface area contributed by atoms with Gasteiger partial charge in [-0.3, -0.25) is 0 Å². The molecule has 0 bridgehead atoms. The summed E-state index contributed by atoms with van der Waals surface area (Å²) in [7, 11) is 0. The summed E-state index contributed by atoms with van der Waals surface area (Å²) in [4.78, 5) is 0. The van der Waals surface area contributed by atoms with Crippen LogP contribution in [0.2, 0.25) is 0 Å². The van der Waals surface area contributed by atoms with Gasteiger partial charge in [-0.2, -0.15) is 0 Å². The molecular formula is C15H34N2. The molecule has 0 aromatic heterocycles. The van der Waals surface area contributed by atoms with Crippen LogP contribution in [-0.4, -0.2) is 19.1 Å². The molecule has 0 spiro atoms. The van der Waals surface area contributed by atoms with E-state index in [9.17, 15) is 0 Å². The summed E-state index contributed by atoms with van der Waals surface area (Å²) in [6.07, 6.45) is 1.15. The van der Waals surface area contributed by atoms with E-state index in [0.29, 0.717) is 11.5 Å². The van der Waals surface area contributed by atoms with Crippen molar-refractivity contribution in [3.63, 3.8) is 0 Å². The van der Waals surface area contributed by atoms with Crippen LogP contribution in [0.4, 0.5) is 0 Å². The number of nitrogens with two attached hydrogens (primary N) is 1. The minimum absolute atomic E-state index is 0.349. The molecule has 0 fully saturated rings. The van der Waals surface area contributed by atoms with E-state index >= 15 is 0 Å². The number of nitrogens with one attached hydrogen (secondary N) is 1. The topological polar surface area (TPSA) is 38.0 Å². The molecule has 1 unspecified atom stereocenters. The molecular weight excluding hydrogens is 208 g/mol. The lowest BCUT2D eigenvalue weighted by molar-refractivity contribution is 0.244. The normalized spacial score (nSPS) is 15.0. The van der Waals surface area contributed by atoms with E-state index < -0.39 is 0 Å². The molecule has 0 aliphatic rings. The Morgan fingerprint density at radius 2 is 1.47 bits per heavy atom. The fourth-order valence-corrected chi connectivity index (χ4v) is 2.52. The largest absolute Gasteiger partial charge is 0.329 e. The molecule has 0 aliphatic carbocycles. The minimum Gasteiger partial charge on any atom is -0.329 e. The van der Waals surface area contributed by atoms with Gasteiger partial charge in [0.1, 0.15) is 0 Å². The maximum Gasteiger partial charge on any atom is 0.0195 e. The van der Waals surface area contributed by atoms with Crippen molar-refractivity contribution in [2.75, 3.05) is 13.1 Å². The Bertz CT molecular complexity index is 184. The Labute approximate surface area is 109 Å². The molecule has 3 N–H and O–H groups in total. The molecule has 17 heavy (non-hydrogen) atoms. The maximum absolute atomic E-state index is 5.86. The summed E-state index contributed by atoms with van der Waals surface area (Å²) in [5.41, 5.74) is 6.21. The highest BCUT2D eigenvalue weighted by molar-refractivity contribution is 4.78. The molecule has 104 valence electrons. The van der Waals surface area contributed by atoms with Gasteiger partial charge in [-0.1, -0.05) is 48.5 Å². The first kappa shape index (κ1) is 16.9. The molecule has 0 heterocycles. The van der Waals surface area contributed by atoms with Crippen LogP contribution in [0.15, 0.2) is 0 Å². The Morgan fingerprint density at radius 1 is 1.00 bits per heavy atom. The fourth-order valence-electron chi connectivity index (χ4n) is 2.52. The van der Waals surface area contributed by atoms with Crippen molar-refractivity contribution in [1.82, 2.24) is 5.32 Å². The summed E-state index contributed by atoms with van der Waals surface area (Å²) in [6.45, 7) is 17.9. The van der Waals surface area contributed by atoms with E-state index in [0.717, 1.165) is 37.3 Å². The van der Waals surface area contributed by atoms with Crippen LogP contribution in [0, 0.1) is 23.2 Å². The SMILES string of the molecule is CC(C)C(CNC(CN)CC(C)(C)C)C(C)C. The number of hydrogen-bond donors (Lipinski definition) is 2. The second kappa shape index (κ2) is 7.38. The first-order chi connectivity index (χ1) is 7.67. The van der Waals surface area contributed by atoms with E-state index in [4.69, 9.17) is 5.73 Å². The van der Waals surface area contributed by atoms with Crippen molar-refractivity contribution in [3.05, 3.63) is 0 Å². The van der Waals surface area contributed by atoms with Gasteiger partial charge in [0.15, 0.2) is 0 Å². The van der Waals surface area contributed by atoms with Crippen molar-refractivity contribution >= 4 is 0 Å². The minimum atomic E-state index is 0.349. The summed E-state index contributed by atoms with van der Waals surface area (Å²) in [5, 5.41) is 3.66. The predicted molar refractivity (Wildman–Crippen MR) is 78.1 cm³/mol. The Kier molecular flexibility index (Phi) is 7.34. The van der Waals surface area contributed by atoms with Gasteiger partial charge in [-0.15, -0.1) is 0 Å². The summed E-state index contributed by atoms with van der Waals surface area (Å²) in [6, 6.07) is 0.454. The highest BCUT2D eigenvalue weighted by Crippen LogP contribution is 2.22. The van der Waals surface area contributed by atoms with Gasteiger partial charge < -0.3 is 11.1 Å². The average Bonchev–Trinajstić information content (AvgIpc) is 2.13. The highest BCUT2D eigenvalue weighted by Gasteiger charge is 2.21. The van der Waals surface area contributed by atoms with Gasteiger partial charge in [0.25, 0.3) is 0 Å². The van der Waals surface area contributed by atoms with Crippen molar-refractivity contribution in [1.29, 1.82) is 0 Å². The van der Waals surface area contributed by atoms with E-state index in [1.54, 1.807) is 0 Å². The van der Waals surface area contributed by atoms with Crippen LogP contribution in [-0.2, 0) is 0 Å². The highest BCUT2D eigenvalue weighted by atomic mass is 14.9. The van der Waals surface area contributed by atoms with E-state index in [-0.39, 0.29) is 0 Å². The predicted octanol–water partition coefficient (Wildman–Crippen LogP) is 3.27. The van der Waals surface area contributed by atoms with Crippen LogP contribution in [0.25, 0.3) is 0 Å². The quantitative estimate of drug-likeness (QED) is 0.719. The third-order valence-corrected chi connectivity index (χ3v) is 3.50. The molecule has 0 radical (unpaired) electrons. The molecule has 0 saturated heterocycles. The van der Waals surface area contributed by atoms with Crippen molar-refractivity contribution in [2.45, 2.75) is 60.9 Å². The molecule has 0 amide bonds. The average molecular weight is 242 g/mol. The molecule has 0 aromatic carbocycles. The van der Waals surface area contributed by atoms with Crippen LogP contribution < -0.4 is 11.1 Å². The van der Waals surface area contributed by atoms with Gasteiger partial charge >= 0.3 is 0 Å². The second-order valence-electron chi connectivity index (χ2n) is 7.26. The third-order valence-electron chi connectivity index (χ3n) is 3.50. The van der Waals surface area contributed by atoms with E-state index in [1.807, 2.05) is 0 Å². The Morgan fingerprint density at radius 3 is 1.76 bits per heavy atom. The van der Waals surface area contributed by atoms with Gasteiger partial charge in [0, 0.05) is 12.6 Å². The molecule has 0 aliphatic heterocycles. The standard InChI is InChI=1S/C15H34N2/c1-11(2)14(12(3)4)10-17-13(9-16)8-15(5,6)7/h11-14,17H,8-10,16H2,1-7H3. The second-order valence-corrected chi connectivity index (χ2v) is 7.26. The van der Waals surface area contributed by atoms with Gasteiger partial charge in [0.05, 0.1) is 0 Å². The smallest absolute Gasteiger partial charge is 0.0195 e. The summed E-state index contributed by atoms with van der Waals surface area (Å²) >= 11 is 0. The summed E-state index contributed by atoms with van der Waals surface area (Å²) in [5.74, 6) is 2.20. The lowest BCUT2D eigenvalue weighted by atomic mass is 9.84. The lowest BCUT2D eigenvalue weighted by Gasteiger charge is -2.30. The Balaban J connectivity index is 4.21. The number of hydrogen-bond acceptors (Lipinski definition) is 2. The van der Waals surface area contributed by atoms with Crippen LogP contribution >= 0.6 is 0 Å². The molecule has 0 saturated carbocycles. The Hall–Kier alpha value is -0.0800. The fraction of sp³-hybridized carbons (Fsp3) is 1.00. The van der Waals surface area contributed by atoms with Crippen molar-refractivity contribution in [3.8, 4) is 0 Å². The third kappa shape index (κ3) is 7.77. The molecule has 0 aromatic rings. The van der Waals surface area contributed by atoms with Crippen molar-refractivity contribution < 1.29 is 0 Å². The monoisotopic (exact) mass is 242 g/mol. The maximum atomic E-state index is 5.86. The van der Waals surface area contributed by atoms with Gasteiger partial charge in [-0.25, -0.2) is 0 Å². The molecule has 1 atom stereocenters. The molecule has 2 heteroatoms. The van der Waals surface area contributed by atoms with Crippen molar-refractivity contribution in [2.24, 2.45) is 28.9 Å². The van der Waals surface area contributed by atoms with Gasteiger partial charge in [-0.05, 0) is 36.1 Å². The van der Waals surface area contributed by atoms with Crippen LogP contribution in [0.1, 0.15) is 54.9 Å². The van der Waals surface area contributed by atoms with E-state index in [2.05, 4.69) is 53.8 Å². The molecule has 2 nitrogen and oxygen atoms in total. The zero-order chi connectivity index (χ0) is 13.6. The first-order valence-corrected chi connectivity index (χ1v) is 7.10. The first-order valence-electron chi connectivity index (χ1n) is 7.10. The van der Waals surface area contributed by atoms with E-state index in [1.165, 1.54) is 0 Å². The summed E-state index contributed by atoms with van der Waals surface area (Å²) < 4.78 is 0. The number of rotatable bonds is 7. The van der Waals surface area contributed by atoms with Crippen LogP contribution in [0.3, 0.4) is 0 Å².